The Morgan fingerprint density at radius 2 is 2.27 bits per heavy atom. The molecule has 1 aromatic carbocycles. The Morgan fingerprint density at radius 1 is 1.60 bits per heavy atom. The van der Waals surface area contributed by atoms with Crippen molar-refractivity contribution in [2.24, 2.45) is 0 Å². The van der Waals surface area contributed by atoms with Crippen LogP contribution in [0.5, 0.6) is 5.75 Å². The van der Waals surface area contributed by atoms with E-state index in [2.05, 4.69) is 0 Å². The zero-order valence-corrected chi connectivity index (χ0v) is 8.49. The lowest BCUT2D eigenvalue weighted by molar-refractivity contribution is -0.401. The highest BCUT2D eigenvalue weighted by Gasteiger charge is 2.09. The predicted molar refractivity (Wildman–Crippen MR) is 54.0 cm³/mol. The third-order valence-corrected chi connectivity index (χ3v) is 1.86. The molecule has 15 heavy (non-hydrogen) atoms. The summed E-state index contributed by atoms with van der Waals surface area (Å²) in [4.78, 5) is 9.39. The maximum atomic E-state index is 13.3. The minimum absolute atomic E-state index is 0.00130. The fraction of sp³-hybridized carbons (Fsp3) is 0.111. The van der Waals surface area contributed by atoms with Gasteiger partial charge in [-0.15, -0.1) is 0 Å². The molecule has 4 nitrogen and oxygen atoms in total. The van der Waals surface area contributed by atoms with Gasteiger partial charge >= 0.3 is 0 Å². The molecule has 0 radical (unpaired) electrons. The Bertz CT molecular complexity index is 420. The highest BCUT2D eigenvalue weighted by Crippen LogP contribution is 2.27. The van der Waals surface area contributed by atoms with Crippen LogP contribution in [0.15, 0.2) is 18.3 Å². The minimum atomic E-state index is -0.687. The number of rotatable bonds is 3. The third-order valence-electron chi connectivity index (χ3n) is 1.64. The van der Waals surface area contributed by atoms with Crippen LogP contribution in [-0.2, 0) is 0 Å². The maximum Gasteiger partial charge on any atom is 0.235 e. The van der Waals surface area contributed by atoms with Gasteiger partial charge in [0.25, 0.3) is 0 Å². The molecule has 0 bridgehead atoms. The Balaban J connectivity index is 3.20. The van der Waals surface area contributed by atoms with Gasteiger partial charge in [-0.1, -0.05) is 11.6 Å². The van der Waals surface area contributed by atoms with Gasteiger partial charge in [0.15, 0.2) is 0 Å². The first kappa shape index (κ1) is 11.5. The van der Waals surface area contributed by atoms with E-state index in [0.717, 1.165) is 12.1 Å². The number of hydrogen-bond donors (Lipinski definition) is 0. The largest absolute Gasteiger partial charge is 0.496 e. The van der Waals surface area contributed by atoms with Crippen LogP contribution in [0.25, 0.3) is 6.08 Å². The maximum absolute atomic E-state index is 13.3. The van der Waals surface area contributed by atoms with E-state index in [-0.39, 0.29) is 16.3 Å². The van der Waals surface area contributed by atoms with Crippen molar-refractivity contribution >= 4 is 17.7 Å². The highest BCUT2D eigenvalue weighted by molar-refractivity contribution is 6.30. The third kappa shape index (κ3) is 2.92. The van der Waals surface area contributed by atoms with Gasteiger partial charge in [-0.05, 0) is 12.1 Å². The van der Waals surface area contributed by atoms with Crippen molar-refractivity contribution in [3.8, 4) is 5.75 Å². The fourth-order valence-corrected chi connectivity index (χ4v) is 1.22. The molecule has 1 rings (SSSR count). The molecule has 0 spiro atoms. The van der Waals surface area contributed by atoms with E-state index in [1.807, 2.05) is 0 Å². The minimum Gasteiger partial charge on any atom is -0.496 e. The zero-order chi connectivity index (χ0) is 11.4. The summed E-state index contributed by atoms with van der Waals surface area (Å²) in [7, 11) is 1.33. The fourth-order valence-electron chi connectivity index (χ4n) is 1.03. The first-order valence-corrected chi connectivity index (χ1v) is 4.27. The summed E-state index contributed by atoms with van der Waals surface area (Å²) < 4.78 is 18.2. The Labute approximate surface area is 90.1 Å². The van der Waals surface area contributed by atoms with Crippen molar-refractivity contribution in [3.05, 3.63) is 44.9 Å². The van der Waals surface area contributed by atoms with Gasteiger partial charge in [0.2, 0.25) is 6.20 Å². The number of nitro groups is 1. The van der Waals surface area contributed by atoms with Gasteiger partial charge in [0, 0.05) is 11.1 Å². The number of ether oxygens (including phenoxy) is 1. The van der Waals surface area contributed by atoms with Crippen LogP contribution in [0.1, 0.15) is 5.56 Å². The lowest BCUT2D eigenvalue weighted by atomic mass is 10.2. The van der Waals surface area contributed by atoms with Gasteiger partial charge in [0.1, 0.15) is 11.6 Å². The molecule has 0 N–H and O–H groups in total. The Kier molecular flexibility index (Phi) is 3.62. The molecule has 6 heteroatoms. The number of benzene rings is 1. The quantitative estimate of drug-likeness (QED) is 0.594. The predicted octanol–water partition coefficient (Wildman–Crippen LogP) is 2.74. The van der Waals surface area contributed by atoms with E-state index < -0.39 is 10.7 Å². The molecule has 0 atom stereocenters. The summed E-state index contributed by atoms with van der Waals surface area (Å²) in [5.74, 6) is -0.518. The van der Waals surface area contributed by atoms with E-state index >= 15 is 0 Å². The highest BCUT2D eigenvalue weighted by atomic mass is 35.5. The SMILES string of the molecule is COc1cc(Cl)cc(F)c1C=C[N+](=O)[O-]. The molecule has 0 saturated carbocycles. The van der Waals surface area contributed by atoms with Crippen LogP contribution < -0.4 is 4.74 Å². The lowest BCUT2D eigenvalue weighted by Crippen LogP contribution is -1.92. The number of methoxy groups -OCH3 is 1. The molecule has 0 aliphatic heterocycles. The van der Waals surface area contributed by atoms with Crippen molar-refractivity contribution in [2.45, 2.75) is 0 Å². The number of hydrogen-bond acceptors (Lipinski definition) is 3. The van der Waals surface area contributed by atoms with Gasteiger partial charge in [-0.3, -0.25) is 10.1 Å². The molecule has 1 aromatic rings. The molecule has 0 heterocycles. The van der Waals surface area contributed by atoms with Crippen LogP contribution >= 0.6 is 11.6 Å². The summed E-state index contributed by atoms with van der Waals surface area (Å²) in [5.41, 5.74) is -0.00130. The van der Waals surface area contributed by atoms with Gasteiger partial charge in [-0.2, -0.15) is 0 Å². The molecule has 80 valence electrons. The smallest absolute Gasteiger partial charge is 0.235 e. The van der Waals surface area contributed by atoms with Crippen LogP contribution in [0, 0.1) is 15.9 Å². The van der Waals surface area contributed by atoms with Crippen molar-refractivity contribution in [3.63, 3.8) is 0 Å². The second-order valence-electron chi connectivity index (χ2n) is 2.60. The van der Waals surface area contributed by atoms with Crippen LogP contribution in [-0.4, -0.2) is 12.0 Å². The van der Waals surface area contributed by atoms with Crippen LogP contribution in [0.4, 0.5) is 4.39 Å². The first-order chi connectivity index (χ1) is 7.04. The van der Waals surface area contributed by atoms with E-state index in [0.29, 0.717) is 6.20 Å². The van der Waals surface area contributed by atoms with Gasteiger partial charge in [0.05, 0.1) is 17.6 Å². The van der Waals surface area contributed by atoms with E-state index in [1.165, 1.54) is 13.2 Å². The summed E-state index contributed by atoms with van der Waals surface area (Å²) in [6, 6.07) is 2.44. The lowest BCUT2D eigenvalue weighted by Gasteiger charge is -2.05. The average molecular weight is 232 g/mol. The molecule has 0 unspecified atom stereocenters. The second-order valence-corrected chi connectivity index (χ2v) is 3.04. The number of halogens is 2. The van der Waals surface area contributed by atoms with Crippen molar-refractivity contribution in [1.82, 2.24) is 0 Å². The summed E-state index contributed by atoms with van der Waals surface area (Å²) >= 11 is 5.59. The molecule has 0 fully saturated rings. The number of nitrogens with zero attached hydrogens (tertiary/aromatic N) is 1. The molecular formula is C9H7ClFNO3. The van der Waals surface area contributed by atoms with E-state index in [1.54, 1.807) is 0 Å². The van der Waals surface area contributed by atoms with Gasteiger partial charge < -0.3 is 4.74 Å². The summed E-state index contributed by atoms with van der Waals surface area (Å²) in [6.45, 7) is 0. The van der Waals surface area contributed by atoms with Crippen molar-refractivity contribution in [1.29, 1.82) is 0 Å². The van der Waals surface area contributed by atoms with Crippen LogP contribution in [0.2, 0.25) is 5.02 Å². The monoisotopic (exact) mass is 231 g/mol. The summed E-state index contributed by atoms with van der Waals surface area (Å²) in [6.07, 6.45) is 1.65. The second kappa shape index (κ2) is 4.75. The average Bonchev–Trinajstić information content (AvgIpc) is 2.14. The molecule has 0 saturated heterocycles. The molecule has 0 aliphatic rings. The van der Waals surface area contributed by atoms with Crippen molar-refractivity contribution < 1.29 is 14.1 Å². The molecule has 0 amide bonds. The zero-order valence-electron chi connectivity index (χ0n) is 7.74. The summed E-state index contributed by atoms with van der Waals surface area (Å²) in [5, 5.41) is 10.2. The topological polar surface area (TPSA) is 52.4 Å². The normalized spacial score (nSPS) is 10.6. The van der Waals surface area contributed by atoms with E-state index in [9.17, 15) is 14.5 Å². The first-order valence-electron chi connectivity index (χ1n) is 3.89. The molecule has 0 aliphatic carbocycles. The molecular weight excluding hydrogens is 225 g/mol. The van der Waals surface area contributed by atoms with Gasteiger partial charge in [-0.25, -0.2) is 4.39 Å². The standard InChI is InChI=1S/C9H7ClFNO3/c1-15-9-5-6(10)4-8(11)7(9)2-3-12(13)14/h2-5H,1H3. The van der Waals surface area contributed by atoms with Crippen LogP contribution in [0.3, 0.4) is 0 Å². The Hall–Kier alpha value is -1.62. The Morgan fingerprint density at radius 3 is 2.80 bits per heavy atom. The molecule has 0 aromatic heterocycles. The van der Waals surface area contributed by atoms with Crippen molar-refractivity contribution in [2.75, 3.05) is 7.11 Å². The van der Waals surface area contributed by atoms with E-state index in [4.69, 9.17) is 16.3 Å².